The van der Waals surface area contributed by atoms with Gasteiger partial charge in [0.1, 0.15) is 5.69 Å². The normalized spacial score (nSPS) is 15.0. The lowest BCUT2D eigenvalue weighted by Crippen LogP contribution is -2.13. The molecule has 0 aliphatic heterocycles. The molecular weight excluding hydrogens is 425 g/mol. The minimum atomic E-state index is -4.60. The molecule has 2 aromatic heterocycles. The van der Waals surface area contributed by atoms with Crippen LogP contribution in [-0.4, -0.2) is 27.5 Å². The van der Waals surface area contributed by atoms with E-state index in [4.69, 9.17) is 4.74 Å². The van der Waals surface area contributed by atoms with Crippen LogP contribution in [-0.2, 0) is 11.0 Å². The maximum Gasteiger partial charge on any atom is 0.433 e. The summed E-state index contributed by atoms with van der Waals surface area (Å²) in [5, 5.41) is 2.64. The van der Waals surface area contributed by atoms with Gasteiger partial charge in [-0.05, 0) is 49.1 Å². The number of benzene rings is 1. The lowest BCUT2D eigenvalue weighted by molar-refractivity contribution is -0.141. The highest BCUT2D eigenvalue weighted by Crippen LogP contribution is 2.32. The molecule has 1 saturated carbocycles. The Morgan fingerprint density at radius 1 is 1.19 bits per heavy atom. The third-order valence-electron chi connectivity index (χ3n) is 5.33. The van der Waals surface area contributed by atoms with Gasteiger partial charge in [0.15, 0.2) is 0 Å². The second-order valence-corrected chi connectivity index (χ2v) is 7.68. The lowest BCUT2D eigenvalue weighted by Gasteiger charge is -2.14. The second kappa shape index (κ2) is 8.89. The van der Waals surface area contributed by atoms with Crippen molar-refractivity contribution in [2.75, 3.05) is 11.9 Å². The smallest absolute Gasteiger partial charge is 0.433 e. The number of aromatic nitrogens is 3. The molecule has 10 heteroatoms. The van der Waals surface area contributed by atoms with Crippen LogP contribution in [0.4, 0.5) is 18.9 Å². The Morgan fingerprint density at radius 3 is 2.72 bits per heavy atom. The van der Waals surface area contributed by atoms with Gasteiger partial charge in [0.2, 0.25) is 11.8 Å². The Balaban J connectivity index is 1.53. The molecule has 3 aromatic rings. The molecule has 1 aromatic carbocycles. The SMILES string of the molecule is O=C(/C=C/c1ccc(C(F)(F)F)nc1OCC1CCCC1)Nc1cccc2[nH]c(=O)[nH]c12. The van der Waals surface area contributed by atoms with Crippen LogP contribution in [0.3, 0.4) is 0 Å². The van der Waals surface area contributed by atoms with Gasteiger partial charge >= 0.3 is 11.9 Å². The van der Waals surface area contributed by atoms with Crippen molar-refractivity contribution < 1.29 is 22.7 Å². The third kappa shape index (κ3) is 5.01. The Labute approximate surface area is 180 Å². The minimum Gasteiger partial charge on any atom is -0.477 e. The van der Waals surface area contributed by atoms with Gasteiger partial charge in [0.25, 0.3) is 0 Å². The number of carbonyl (C=O) groups excluding carboxylic acids is 1. The molecule has 1 aliphatic carbocycles. The van der Waals surface area contributed by atoms with E-state index in [1.54, 1.807) is 18.2 Å². The summed E-state index contributed by atoms with van der Waals surface area (Å²) in [6.45, 7) is 0.282. The zero-order valence-electron chi connectivity index (χ0n) is 17.0. The van der Waals surface area contributed by atoms with Crippen molar-refractivity contribution in [3.63, 3.8) is 0 Å². The molecule has 0 saturated heterocycles. The molecule has 1 fully saturated rings. The van der Waals surface area contributed by atoms with Gasteiger partial charge in [0, 0.05) is 11.6 Å². The Hall–Kier alpha value is -3.56. The van der Waals surface area contributed by atoms with E-state index in [9.17, 15) is 22.8 Å². The first kappa shape index (κ1) is 21.7. The highest BCUT2D eigenvalue weighted by atomic mass is 19.4. The number of imidazole rings is 1. The fourth-order valence-electron chi connectivity index (χ4n) is 3.73. The van der Waals surface area contributed by atoms with Gasteiger partial charge in [-0.3, -0.25) is 4.79 Å². The number of alkyl halides is 3. The first-order chi connectivity index (χ1) is 15.3. The van der Waals surface area contributed by atoms with E-state index in [1.807, 2.05) is 0 Å². The van der Waals surface area contributed by atoms with Crippen molar-refractivity contribution in [2.24, 2.45) is 5.92 Å². The summed E-state index contributed by atoms with van der Waals surface area (Å²) < 4.78 is 44.9. The maximum absolute atomic E-state index is 13.1. The number of halogens is 3. The largest absolute Gasteiger partial charge is 0.477 e. The summed E-state index contributed by atoms with van der Waals surface area (Å²) in [6.07, 6.45) is 2.03. The number of anilines is 1. The van der Waals surface area contributed by atoms with Gasteiger partial charge in [0.05, 0.1) is 23.3 Å². The molecule has 7 nitrogen and oxygen atoms in total. The summed E-state index contributed by atoms with van der Waals surface area (Å²) >= 11 is 0. The predicted molar refractivity (Wildman–Crippen MR) is 113 cm³/mol. The standard InChI is InChI=1S/C22H21F3N4O3/c23-22(24,25)17-10-8-14(20(28-17)32-12-13-4-1-2-5-13)9-11-18(30)26-15-6-3-7-16-19(15)29-21(31)27-16/h3,6-11,13H,1-2,4-5,12H2,(H,26,30)(H2,27,29,31)/b11-9+. The van der Waals surface area contributed by atoms with Gasteiger partial charge in [-0.1, -0.05) is 18.9 Å². The number of aromatic amines is 2. The number of nitrogens with one attached hydrogen (secondary N) is 3. The van der Waals surface area contributed by atoms with E-state index in [-0.39, 0.29) is 24.0 Å². The average Bonchev–Trinajstić information content (AvgIpc) is 3.39. The minimum absolute atomic E-state index is 0.159. The number of para-hydroxylation sites is 1. The van der Waals surface area contributed by atoms with Crippen LogP contribution in [0.25, 0.3) is 17.1 Å². The summed E-state index contributed by atoms with van der Waals surface area (Å²) in [5.74, 6) is -0.399. The zero-order valence-corrected chi connectivity index (χ0v) is 17.0. The molecule has 1 aliphatic rings. The fourth-order valence-corrected chi connectivity index (χ4v) is 3.73. The van der Waals surface area contributed by atoms with Crippen LogP contribution in [0.15, 0.2) is 41.2 Å². The van der Waals surface area contributed by atoms with E-state index in [1.165, 1.54) is 18.2 Å². The molecule has 32 heavy (non-hydrogen) atoms. The number of carbonyl (C=O) groups is 1. The average molecular weight is 446 g/mol. The number of H-pyrrole nitrogens is 2. The van der Waals surface area contributed by atoms with Crippen LogP contribution >= 0.6 is 0 Å². The first-order valence-corrected chi connectivity index (χ1v) is 10.2. The molecule has 2 heterocycles. The Morgan fingerprint density at radius 2 is 1.97 bits per heavy atom. The monoisotopic (exact) mass is 446 g/mol. The van der Waals surface area contributed by atoms with E-state index in [2.05, 4.69) is 20.3 Å². The van der Waals surface area contributed by atoms with E-state index < -0.39 is 23.5 Å². The van der Waals surface area contributed by atoms with Crippen molar-refractivity contribution >= 4 is 28.7 Å². The number of rotatable bonds is 6. The molecule has 3 N–H and O–H groups in total. The number of amides is 1. The number of fused-ring (bicyclic) bond motifs is 1. The molecular formula is C22H21F3N4O3. The predicted octanol–water partition coefficient (Wildman–Crippen LogP) is 4.49. The Kier molecular flexibility index (Phi) is 6.02. The number of hydrogen-bond acceptors (Lipinski definition) is 4. The molecule has 1 amide bonds. The number of hydrogen-bond donors (Lipinski definition) is 3. The number of nitrogens with zero attached hydrogens (tertiary/aromatic N) is 1. The highest BCUT2D eigenvalue weighted by molar-refractivity contribution is 6.06. The van der Waals surface area contributed by atoms with Crippen molar-refractivity contribution in [3.05, 3.63) is 58.1 Å². The lowest BCUT2D eigenvalue weighted by atomic mass is 10.1. The van der Waals surface area contributed by atoms with E-state index in [0.717, 1.165) is 31.7 Å². The van der Waals surface area contributed by atoms with Crippen molar-refractivity contribution in [2.45, 2.75) is 31.9 Å². The fraction of sp³-hybridized carbons (Fsp3) is 0.318. The summed E-state index contributed by atoms with van der Waals surface area (Å²) in [5.41, 5.74) is 0.168. The number of ether oxygens (including phenoxy) is 1. The van der Waals surface area contributed by atoms with Crippen LogP contribution in [0.1, 0.15) is 36.9 Å². The summed E-state index contributed by atoms with van der Waals surface area (Å²) in [6, 6.07) is 7.05. The first-order valence-electron chi connectivity index (χ1n) is 10.2. The van der Waals surface area contributed by atoms with Crippen molar-refractivity contribution in [1.29, 1.82) is 0 Å². The van der Waals surface area contributed by atoms with E-state index in [0.29, 0.717) is 16.7 Å². The molecule has 0 radical (unpaired) electrons. The highest BCUT2D eigenvalue weighted by Gasteiger charge is 2.33. The van der Waals surface area contributed by atoms with Gasteiger partial charge in [-0.25, -0.2) is 9.78 Å². The van der Waals surface area contributed by atoms with Crippen LogP contribution in [0.2, 0.25) is 0 Å². The van der Waals surface area contributed by atoms with Crippen LogP contribution in [0.5, 0.6) is 5.88 Å². The van der Waals surface area contributed by atoms with E-state index >= 15 is 0 Å². The number of pyridine rings is 1. The van der Waals surface area contributed by atoms with Gasteiger partial charge in [-0.15, -0.1) is 0 Å². The molecule has 0 spiro atoms. The molecule has 0 unspecified atom stereocenters. The van der Waals surface area contributed by atoms with Gasteiger partial charge < -0.3 is 20.0 Å². The Bertz CT molecular complexity index is 1210. The van der Waals surface area contributed by atoms with Crippen LogP contribution in [0, 0.1) is 5.92 Å². The third-order valence-corrected chi connectivity index (χ3v) is 5.33. The molecule has 0 atom stereocenters. The zero-order chi connectivity index (χ0) is 22.7. The quantitative estimate of drug-likeness (QED) is 0.486. The molecule has 0 bridgehead atoms. The second-order valence-electron chi connectivity index (χ2n) is 7.68. The van der Waals surface area contributed by atoms with Gasteiger partial charge in [-0.2, -0.15) is 13.2 Å². The van der Waals surface area contributed by atoms with Crippen LogP contribution < -0.4 is 15.7 Å². The molecule has 4 rings (SSSR count). The maximum atomic E-state index is 13.1. The van der Waals surface area contributed by atoms with Crippen molar-refractivity contribution in [3.8, 4) is 5.88 Å². The van der Waals surface area contributed by atoms with Crippen molar-refractivity contribution in [1.82, 2.24) is 15.0 Å². The molecule has 168 valence electrons. The summed E-state index contributed by atoms with van der Waals surface area (Å²) in [7, 11) is 0. The summed E-state index contributed by atoms with van der Waals surface area (Å²) in [4.78, 5) is 32.7. The topological polar surface area (TPSA) is 99.9 Å².